The number of hydrogen-bond acceptors (Lipinski definition) is 3. The average Bonchev–Trinajstić information content (AvgIpc) is 3.03. The Morgan fingerprint density at radius 1 is 1.26 bits per heavy atom. The predicted molar refractivity (Wildman–Crippen MR) is 87.7 cm³/mol. The van der Waals surface area contributed by atoms with E-state index in [1.165, 1.54) is 11.8 Å². The summed E-state index contributed by atoms with van der Waals surface area (Å²) in [6.45, 7) is 3.92. The molecular formula is C18H21N3O2. The summed E-state index contributed by atoms with van der Waals surface area (Å²) in [7, 11) is 0. The van der Waals surface area contributed by atoms with Crippen LogP contribution in [0.1, 0.15) is 35.4 Å². The summed E-state index contributed by atoms with van der Waals surface area (Å²) >= 11 is 0. The fourth-order valence-electron chi connectivity index (χ4n) is 3.06. The molecule has 1 saturated heterocycles. The lowest BCUT2D eigenvalue weighted by Crippen LogP contribution is -2.43. The quantitative estimate of drug-likeness (QED) is 0.693. The Morgan fingerprint density at radius 3 is 2.74 bits per heavy atom. The van der Waals surface area contributed by atoms with Crippen LogP contribution in [0.2, 0.25) is 0 Å². The van der Waals surface area contributed by atoms with Gasteiger partial charge in [0.2, 0.25) is 0 Å². The van der Waals surface area contributed by atoms with Crippen LogP contribution in [0.15, 0.2) is 54.7 Å². The van der Waals surface area contributed by atoms with E-state index >= 15 is 0 Å². The van der Waals surface area contributed by atoms with Gasteiger partial charge in [0.25, 0.3) is 5.69 Å². The number of carbonyl (C=O) groups excluding carboxylic acids is 1. The standard InChI is InChI=1S/C18H21N3O2/c1-14(15-7-3-2-4-8-15)20-12-10-16(13-20)19-18(22)17-9-5-6-11-21(17)23/h2-9,11,14,16H,10,12-13H2,1H3,(H,19,22)/t14-,16-/m1/s1. The zero-order chi connectivity index (χ0) is 16.2. The van der Waals surface area contributed by atoms with Crippen LogP contribution in [-0.4, -0.2) is 29.9 Å². The van der Waals surface area contributed by atoms with E-state index in [0.717, 1.165) is 19.5 Å². The largest absolute Gasteiger partial charge is 0.618 e. The van der Waals surface area contributed by atoms with E-state index in [-0.39, 0.29) is 17.6 Å². The van der Waals surface area contributed by atoms with E-state index in [1.807, 2.05) is 18.2 Å². The number of benzene rings is 1. The third-order valence-corrected chi connectivity index (χ3v) is 4.44. The number of hydrogen-bond donors (Lipinski definition) is 1. The molecule has 0 unspecified atom stereocenters. The number of amides is 1. The van der Waals surface area contributed by atoms with E-state index in [1.54, 1.807) is 18.2 Å². The molecule has 0 aliphatic carbocycles. The first-order valence-corrected chi connectivity index (χ1v) is 7.93. The van der Waals surface area contributed by atoms with E-state index < -0.39 is 0 Å². The molecule has 1 aliphatic rings. The van der Waals surface area contributed by atoms with Crippen LogP contribution in [0, 0.1) is 5.21 Å². The van der Waals surface area contributed by atoms with E-state index in [0.29, 0.717) is 10.8 Å². The van der Waals surface area contributed by atoms with Gasteiger partial charge in [0, 0.05) is 37.3 Å². The second-order valence-corrected chi connectivity index (χ2v) is 5.95. The molecule has 1 aliphatic heterocycles. The topological polar surface area (TPSA) is 59.3 Å². The van der Waals surface area contributed by atoms with Gasteiger partial charge >= 0.3 is 5.91 Å². The van der Waals surface area contributed by atoms with Crippen molar-refractivity contribution < 1.29 is 9.52 Å². The number of nitrogens with zero attached hydrogens (tertiary/aromatic N) is 2. The number of nitrogens with one attached hydrogen (secondary N) is 1. The van der Waals surface area contributed by atoms with Crippen LogP contribution in [0.4, 0.5) is 0 Å². The molecule has 5 heteroatoms. The molecule has 5 nitrogen and oxygen atoms in total. The van der Waals surface area contributed by atoms with Gasteiger partial charge in [-0.25, -0.2) is 0 Å². The van der Waals surface area contributed by atoms with E-state index in [2.05, 4.69) is 29.3 Å². The monoisotopic (exact) mass is 311 g/mol. The van der Waals surface area contributed by atoms with Crippen molar-refractivity contribution in [3.05, 3.63) is 71.2 Å². The lowest BCUT2D eigenvalue weighted by molar-refractivity contribution is -0.607. The Kier molecular flexibility index (Phi) is 4.57. The van der Waals surface area contributed by atoms with E-state index in [4.69, 9.17) is 0 Å². The van der Waals surface area contributed by atoms with Crippen molar-refractivity contribution in [1.29, 1.82) is 0 Å². The third kappa shape index (κ3) is 3.51. The highest BCUT2D eigenvalue weighted by Crippen LogP contribution is 2.24. The SMILES string of the molecule is C[C@H](c1ccccc1)N1CC[C@@H](NC(=O)c2cccc[n+]2[O-])C1. The van der Waals surface area contributed by atoms with Gasteiger partial charge in [-0.1, -0.05) is 30.3 Å². The molecule has 1 aromatic carbocycles. The molecule has 0 saturated carbocycles. The van der Waals surface area contributed by atoms with Crippen LogP contribution >= 0.6 is 0 Å². The molecular weight excluding hydrogens is 290 g/mol. The van der Waals surface area contributed by atoms with Crippen molar-refractivity contribution >= 4 is 5.91 Å². The van der Waals surface area contributed by atoms with Gasteiger partial charge in [-0.15, -0.1) is 0 Å². The van der Waals surface area contributed by atoms with Gasteiger partial charge in [0.05, 0.1) is 0 Å². The highest BCUT2D eigenvalue weighted by atomic mass is 16.5. The molecule has 3 rings (SSSR count). The van der Waals surface area contributed by atoms with Gasteiger partial charge in [-0.3, -0.25) is 9.69 Å². The molecule has 23 heavy (non-hydrogen) atoms. The molecule has 0 spiro atoms. The van der Waals surface area contributed by atoms with E-state index in [9.17, 15) is 10.0 Å². The summed E-state index contributed by atoms with van der Waals surface area (Å²) in [6.07, 6.45) is 2.24. The summed E-state index contributed by atoms with van der Waals surface area (Å²) < 4.78 is 0.606. The molecule has 1 aromatic heterocycles. The molecule has 2 atom stereocenters. The molecule has 2 aromatic rings. The van der Waals surface area contributed by atoms with Crippen molar-refractivity contribution in [3.63, 3.8) is 0 Å². The highest BCUT2D eigenvalue weighted by Gasteiger charge is 2.29. The van der Waals surface area contributed by atoms with Gasteiger partial charge in [0.15, 0.2) is 6.20 Å². The average molecular weight is 311 g/mol. The number of carbonyl (C=O) groups is 1. The summed E-state index contributed by atoms with van der Waals surface area (Å²) in [5, 5.41) is 14.6. The smallest absolute Gasteiger partial charge is 0.317 e. The Labute approximate surface area is 136 Å². The first-order valence-electron chi connectivity index (χ1n) is 7.93. The fraction of sp³-hybridized carbons (Fsp3) is 0.333. The molecule has 0 bridgehead atoms. The van der Waals surface area contributed by atoms with Gasteiger partial charge in [-0.2, -0.15) is 4.73 Å². The fourth-order valence-corrected chi connectivity index (χ4v) is 3.06. The normalized spacial score (nSPS) is 19.4. The van der Waals surface area contributed by atoms with Crippen LogP contribution < -0.4 is 10.0 Å². The molecule has 1 amide bonds. The Bertz CT molecular complexity index is 675. The Morgan fingerprint density at radius 2 is 2.00 bits per heavy atom. The van der Waals surface area contributed by atoms with Crippen molar-refractivity contribution in [2.24, 2.45) is 0 Å². The summed E-state index contributed by atoms with van der Waals surface area (Å²) in [4.78, 5) is 14.6. The summed E-state index contributed by atoms with van der Waals surface area (Å²) in [5.41, 5.74) is 1.42. The van der Waals surface area contributed by atoms with Crippen molar-refractivity contribution in [2.75, 3.05) is 13.1 Å². The first kappa shape index (κ1) is 15.5. The lowest BCUT2D eigenvalue weighted by atomic mass is 10.1. The molecule has 1 fully saturated rings. The maximum absolute atomic E-state index is 12.2. The molecule has 0 radical (unpaired) electrons. The van der Waals surface area contributed by atoms with Crippen LogP contribution in [0.5, 0.6) is 0 Å². The molecule has 1 N–H and O–H groups in total. The zero-order valence-corrected chi connectivity index (χ0v) is 13.2. The van der Waals surface area contributed by atoms with Crippen LogP contribution in [0.3, 0.4) is 0 Å². The van der Waals surface area contributed by atoms with Gasteiger partial charge in [0.1, 0.15) is 0 Å². The summed E-state index contributed by atoms with van der Waals surface area (Å²) in [6, 6.07) is 15.6. The third-order valence-electron chi connectivity index (χ3n) is 4.44. The Hall–Kier alpha value is -2.40. The molecule has 2 heterocycles. The minimum absolute atomic E-state index is 0.0777. The molecule has 120 valence electrons. The number of rotatable bonds is 4. The Balaban J connectivity index is 1.60. The predicted octanol–water partition coefficient (Wildman–Crippen LogP) is 1.89. The zero-order valence-electron chi connectivity index (χ0n) is 13.2. The lowest BCUT2D eigenvalue weighted by Gasteiger charge is -2.24. The minimum atomic E-state index is -0.306. The van der Waals surface area contributed by atoms with Crippen molar-refractivity contribution in [1.82, 2.24) is 10.2 Å². The summed E-state index contributed by atoms with van der Waals surface area (Å²) in [5.74, 6) is -0.306. The van der Waals surface area contributed by atoms with Gasteiger partial charge in [-0.05, 0) is 25.0 Å². The van der Waals surface area contributed by atoms with Gasteiger partial charge < -0.3 is 10.5 Å². The number of aromatic nitrogens is 1. The first-order chi connectivity index (χ1) is 11.1. The second-order valence-electron chi connectivity index (χ2n) is 5.95. The highest BCUT2D eigenvalue weighted by molar-refractivity contribution is 5.91. The number of pyridine rings is 1. The maximum atomic E-state index is 12.2. The van der Waals surface area contributed by atoms with Crippen LogP contribution in [-0.2, 0) is 0 Å². The second kappa shape index (κ2) is 6.79. The number of likely N-dealkylation sites (tertiary alicyclic amines) is 1. The maximum Gasteiger partial charge on any atom is 0.317 e. The minimum Gasteiger partial charge on any atom is -0.618 e. The van der Waals surface area contributed by atoms with Crippen molar-refractivity contribution in [3.8, 4) is 0 Å². The van der Waals surface area contributed by atoms with Crippen molar-refractivity contribution in [2.45, 2.75) is 25.4 Å². The van der Waals surface area contributed by atoms with Crippen LogP contribution in [0.25, 0.3) is 0 Å².